The first-order valence-electron chi connectivity index (χ1n) is 6.89. The third-order valence-corrected chi connectivity index (χ3v) is 3.11. The molecular weight excluding hydrogens is 270 g/mol. The molecule has 0 spiro atoms. The molecule has 1 aromatic carbocycles. The van der Waals surface area contributed by atoms with Gasteiger partial charge >= 0.3 is 5.97 Å². The second kappa shape index (κ2) is 7.22. The van der Waals surface area contributed by atoms with Crippen LogP contribution in [0, 0.1) is 0 Å². The first-order chi connectivity index (χ1) is 9.70. The number of nitrogens with one attached hydrogen (secondary N) is 1. The molecule has 0 aromatic heterocycles. The number of carbonyl (C=O) groups is 2. The Balaban J connectivity index is 2.53. The Morgan fingerprint density at radius 3 is 2.24 bits per heavy atom. The molecule has 5 nitrogen and oxygen atoms in total. The molecule has 0 radical (unpaired) electrons. The Kier molecular flexibility index (Phi) is 5.90. The van der Waals surface area contributed by atoms with Gasteiger partial charge in [-0.25, -0.2) is 4.79 Å². The van der Waals surface area contributed by atoms with E-state index in [-0.39, 0.29) is 24.0 Å². The van der Waals surface area contributed by atoms with E-state index in [0.717, 1.165) is 5.56 Å². The van der Waals surface area contributed by atoms with E-state index in [1.165, 1.54) is 5.56 Å². The van der Waals surface area contributed by atoms with Gasteiger partial charge in [0.2, 0.25) is 5.91 Å². The van der Waals surface area contributed by atoms with Crippen LogP contribution in [-0.4, -0.2) is 30.2 Å². The molecule has 1 rings (SSSR count). The predicted molar refractivity (Wildman–Crippen MR) is 80.2 cm³/mol. The van der Waals surface area contributed by atoms with E-state index in [1.807, 2.05) is 19.1 Å². The SMILES string of the molecule is C[C@@H](NC(=O)COCC(=O)O)c1ccc(C(C)(C)C)cc1. The first kappa shape index (κ1) is 17.2. The number of aliphatic carboxylic acids is 1. The van der Waals surface area contributed by atoms with Crippen molar-refractivity contribution in [3.63, 3.8) is 0 Å². The molecule has 0 heterocycles. The number of hydrogen-bond acceptors (Lipinski definition) is 3. The number of ether oxygens (including phenoxy) is 1. The summed E-state index contributed by atoms with van der Waals surface area (Å²) in [6.07, 6.45) is 0. The molecule has 2 N–H and O–H groups in total. The highest BCUT2D eigenvalue weighted by atomic mass is 16.5. The van der Waals surface area contributed by atoms with Crippen LogP contribution in [-0.2, 0) is 19.7 Å². The number of carboxylic acids is 1. The summed E-state index contributed by atoms with van der Waals surface area (Å²) < 4.78 is 4.75. The fourth-order valence-corrected chi connectivity index (χ4v) is 1.87. The van der Waals surface area contributed by atoms with Gasteiger partial charge in [-0.15, -0.1) is 0 Å². The summed E-state index contributed by atoms with van der Waals surface area (Å²) in [6.45, 7) is 7.59. The Morgan fingerprint density at radius 1 is 1.19 bits per heavy atom. The van der Waals surface area contributed by atoms with E-state index in [4.69, 9.17) is 9.84 Å². The number of amides is 1. The number of carboxylic acid groups (broad SMARTS) is 1. The molecule has 1 aromatic rings. The van der Waals surface area contributed by atoms with Crippen LogP contribution in [0.15, 0.2) is 24.3 Å². The molecule has 0 saturated carbocycles. The molecule has 5 heteroatoms. The maximum Gasteiger partial charge on any atom is 0.329 e. The molecule has 0 aliphatic carbocycles. The van der Waals surface area contributed by atoms with E-state index in [0.29, 0.717) is 0 Å². The van der Waals surface area contributed by atoms with Crippen molar-refractivity contribution in [1.82, 2.24) is 5.32 Å². The third-order valence-electron chi connectivity index (χ3n) is 3.11. The smallest absolute Gasteiger partial charge is 0.329 e. The van der Waals surface area contributed by atoms with Gasteiger partial charge < -0.3 is 15.2 Å². The van der Waals surface area contributed by atoms with Crippen LogP contribution in [0.5, 0.6) is 0 Å². The molecule has 0 aliphatic heterocycles. The zero-order valence-corrected chi connectivity index (χ0v) is 13.0. The van der Waals surface area contributed by atoms with Gasteiger partial charge in [-0.3, -0.25) is 4.79 Å². The van der Waals surface area contributed by atoms with Crippen molar-refractivity contribution in [2.24, 2.45) is 0 Å². The number of benzene rings is 1. The van der Waals surface area contributed by atoms with Gasteiger partial charge in [-0.1, -0.05) is 45.0 Å². The molecule has 0 bridgehead atoms. The van der Waals surface area contributed by atoms with Crippen LogP contribution in [0.4, 0.5) is 0 Å². The minimum Gasteiger partial charge on any atom is -0.480 e. The highest BCUT2D eigenvalue weighted by Crippen LogP contribution is 2.23. The van der Waals surface area contributed by atoms with Crippen LogP contribution in [0.1, 0.15) is 44.9 Å². The highest BCUT2D eigenvalue weighted by Gasteiger charge is 2.15. The minimum atomic E-state index is -1.09. The number of rotatable bonds is 6. The monoisotopic (exact) mass is 293 g/mol. The molecule has 116 valence electrons. The first-order valence-corrected chi connectivity index (χ1v) is 6.89. The average molecular weight is 293 g/mol. The molecule has 1 atom stereocenters. The standard InChI is InChI=1S/C16H23NO4/c1-11(17-14(18)9-21-10-15(19)20)12-5-7-13(8-6-12)16(2,3)4/h5-8,11H,9-10H2,1-4H3,(H,17,18)(H,19,20)/t11-/m1/s1. The van der Waals surface area contributed by atoms with Crippen molar-refractivity contribution >= 4 is 11.9 Å². The lowest BCUT2D eigenvalue weighted by atomic mass is 9.86. The van der Waals surface area contributed by atoms with Crippen molar-refractivity contribution in [2.45, 2.75) is 39.2 Å². The van der Waals surface area contributed by atoms with E-state index in [2.05, 4.69) is 38.2 Å². The quantitative estimate of drug-likeness (QED) is 0.843. The van der Waals surface area contributed by atoms with Gasteiger partial charge in [0.15, 0.2) is 0 Å². The van der Waals surface area contributed by atoms with Crippen molar-refractivity contribution in [2.75, 3.05) is 13.2 Å². The Hall–Kier alpha value is -1.88. The molecule has 0 unspecified atom stereocenters. The summed E-state index contributed by atoms with van der Waals surface area (Å²) in [5.74, 6) is -1.42. The van der Waals surface area contributed by atoms with Crippen molar-refractivity contribution in [3.8, 4) is 0 Å². The molecule has 0 saturated heterocycles. The summed E-state index contributed by atoms with van der Waals surface area (Å²) in [6, 6.07) is 7.94. The van der Waals surface area contributed by atoms with E-state index < -0.39 is 12.6 Å². The molecule has 0 aliphatic rings. The van der Waals surface area contributed by atoms with E-state index in [1.54, 1.807) is 0 Å². The lowest BCUT2D eigenvalue weighted by Gasteiger charge is -2.20. The van der Waals surface area contributed by atoms with Crippen LogP contribution in [0.2, 0.25) is 0 Å². The van der Waals surface area contributed by atoms with Gasteiger partial charge in [0.1, 0.15) is 13.2 Å². The maximum absolute atomic E-state index is 11.6. The predicted octanol–water partition coefficient (Wildman–Crippen LogP) is 2.26. The van der Waals surface area contributed by atoms with E-state index >= 15 is 0 Å². The van der Waals surface area contributed by atoms with Crippen molar-refractivity contribution in [1.29, 1.82) is 0 Å². The minimum absolute atomic E-state index is 0.0929. The summed E-state index contributed by atoms with van der Waals surface area (Å²) in [4.78, 5) is 21.9. The Bertz CT molecular complexity index is 488. The Morgan fingerprint density at radius 2 is 1.76 bits per heavy atom. The highest BCUT2D eigenvalue weighted by molar-refractivity contribution is 5.78. The molecule has 1 amide bonds. The zero-order valence-electron chi connectivity index (χ0n) is 13.0. The zero-order chi connectivity index (χ0) is 16.0. The van der Waals surface area contributed by atoms with Gasteiger partial charge in [0.25, 0.3) is 0 Å². The molecule has 0 fully saturated rings. The largest absolute Gasteiger partial charge is 0.480 e. The van der Waals surface area contributed by atoms with Crippen LogP contribution >= 0.6 is 0 Å². The topological polar surface area (TPSA) is 75.6 Å². The molecular formula is C16H23NO4. The maximum atomic E-state index is 11.6. The molecule has 21 heavy (non-hydrogen) atoms. The van der Waals surface area contributed by atoms with Gasteiger partial charge in [-0.05, 0) is 23.5 Å². The van der Waals surface area contributed by atoms with Gasteiger partial charge in [0, 0.05) is 0 Å². The summed E-state index contributed by atoms with van der Waals surface area (Å²) >= 11 is 0. The fraction of sp³-hybridized carbons (Fsp3) is 0.500. The van der Waals surface area contributed by atoms with Crippen molar-refractivity contribution < 1.29 is 19.4 Å². The van der Waals surface area contributed by atoms with E-state index in [9.17, 15) is 9.59 Å². The average Bonchev–Trinajstić information content (AvgIpc) is 2.37. The summed E-state index contributed by atoms with van der Waals surface area (Å²) in [5.41, 5.74) is 2.32. The number of carbonyl (C=O) groups excluding carboxylic acids is 1. The Labute approximate surface area is 125 Å². The lowest BCUT2D eigenvalue weighted by Crippen LogP contribution is -2.31. The fourth-order valence-electron chi connectivity index (χ4n) is 1.87. The summed E-state index contributed by atoms with van der Waals surface area (Å²) in [7, 11) is 0. The van der Waals surface area contributed by atoms with Gasteiger partial charge in [0.05, 0.1) is 6.04 Å². The normalized spacial score (nSPS) is 12.8. The number of hydrogen-bond donors (Lipinski definition) is 2. The second-order valence-corrected chi connectivity index (χ2v) is 6.05. The van der Waals surface area contributed by atoms with Crippen LogP contribution in [0.3, 0.4) is 0 Å². The van der Waals surface area contributed by atoms with Gasteiger partial charge in [-0.2, -0.15) is 0 Å². The van der Waals surface area contributed by atoms with Crippen LogP contribution in [0.25, 0.3) is 0 Å². The third kappa shape index (κ3) is 5.95. The second-order valence-electron chi connectivity index (χ2n) is 6.05. The van der Waals surface area contributed by atoms with Crippen molar-refractivity contribution in [3.05, 3.63) is 35.4 Å². The lowest BCUT2D eigenvalue weighted by molar-refractivity contribution is -0.143. The van der Waals surface area contributed by atoms with Crippen LogP contribution < -0.4 is 5.32 Å². The summed E-state index contributed by atoms with van der Waals surface area (Å²) in [5, 5.41) is 11.2.